The number of amides is 2. The Labute approximate surface area is 186 Å². The average Bonchev–Trinajstić information content (AvgIpc) is 2.78. The summed E-state index contributed by atoms with van der Waals surface area (Å²) in [4.78, 5) is 37.4. The fourth-order valence-corrected chi connectivity index (χ4v) is 3.91. The van der Waals surface area contributed by atoms with Crippen LogP contribution in [0, 0.1) is 0 Å². The Bertz CT molecular complexity index is 1100. The van der Waals surface area contributed by atoms with E-state index in [0.29, 0.717) is 28.3 Å². The molecule has 0 aliphatic heterocycles. The first-order valence-corrected chi connectivity index (χ1v) is 11.0. The topological polar surface area (TPSA) is 75.3 Å². The van der Waals surface area contributed by atoms with Gasteiger partial charge in [-0.05, 0) is 42.3 Å². The van der Waals surface area contributed by atoms with Crippen LogP contribution in [0.2, 0.25) is 0 Å². The summed E-state index contributed by atoms with van der Waals surface area (Å²) in [7, 11) is 0. The quantitative estimate of drug-likeness (QED) is 0.367. The predicted octanol–water partition coefficient (Wildman–Crippen LogP) is 5.43. The second-order valence-corrected chi connectivity index (χ2v) is 8.02. The SMILES string of the molecule is CCc1ccc(NC(C)=O)cc1NC(=O)c1cccc(SCC(=O)c2ccccc2)c1. The van der Waals surface area contributed by atoms with Gasteiger partial charge in [-0.1, -0.05) is 49.4 Å². The number of anilines is 2. The summed E-state index contributed by atoms with van der Waals surface area (Å²) in [5.41, 5.74) is 3.44. The van der Waals surface area contributed by atoms with Crippen molar-refractivity contribution in [2.75, 3.05) is 16.4 Å². The van der Waals surface area contributed by atoms with Gasteiger partial charge in [0.05, 0.1) is 5.75 Å². The molecule has 0 saturated carbocycles. The van der Waals surface area contributed by atoms with Crippen molar-refractivity contribution in [1.29, 1.82) is 0 Å². The minimum Gasteiger partial charge on any atom is -0.326 e. The van der Waals surface area contributed by atoms with Crippen molar-refractivity contribution in [3.63, 3.8) is 0 Å². The van der Waals surface area contributed by atoms with Gasteiger partial charge >= 0.3 is 0 Å². The lowest BCUT2D eigenvalue weighted by Crippen LogP contribution is -2.14. The van der Waals surface area contributed by atoms with Crippen LogP contribution < -0.4 is 10.6 Å². The lowest BCUT2D eigenvalue weighted by molar-refractivity contribution is -0.114. The molecule has 158 valence electrons. The van der Waals surface area contributed by atoms with E-state index in [1.807, 2.05) is 43.3 Å². The Balaban J connectivity index is 1.70. The van der Waals surface area contributed by atoms with Crippen LogP contribution in [-0.2, 0) is 11.2 Å². The molecule has 5 nitrogen and oxygen atoms in total. The third-order valence-electron chi connectivity index (χ3n) is 4.62. The Morgan fingerprint density at radius 1 is 0.839 bits per heavy atom. The number of rotatable bonds is 8. The summed E-state index contributed by atoms with van der Waals surface area (Å²) in [6.07, 6.45) is 0.744. The largest absolute Gasteiger partial charge is 0.326 e. The highest BCUT2D eigenvalue weighted by atomic mass is 32.2. The van der Waals surface area contributed by atoms with E-state index >= 15 is 0 Å². The van der Waals surface area contributed by atoms with Crippen LogP contribution in [0.3, 0.4) is 0 Å². The van der Waals surface area contributed by atoms with E-state index in [1.54, 1.807) is 36.4 Å². The molecule has 0 fully saturated rings. The molecule has 0 aromatic heterocycles. The third kappa shape index (κ3) is 6.30. The van der Waals surface area contributed by atoms with E-state index in [1.165, 1.54) is 18.7 Å². The molecule has 0 atom stereocenters. The molecule has 3 aromatic carbocycles. The molecule has 0 aliphatic carbocycles. The highest BCUT2D eigenvalue weighted by Gasteiger charge is 2.12. The Kier molecular flexibility index (Phi) is 7.62. The maximum atomic E-state index is 12.9. The molecular formula is C25H24N2O3S. The predicted molar refractivity (Wildman–Crippen MR) is 126 cm³/mol. The van der Waals surface area contributed by atoms with Crippen molar-refractivity contribution in [2.45, 2.75) is 25.2 Å². The van der Waals surface area contributed by atoms with Gasteiger partial charge in [-0.25, -0.2) is 0 Å². The third-order valence-corrected chi connectivity index (χ3v) is 5.62. The zero-order valence-electron chi connectivity index (χ0n) is 17.5. The van der Waals surface area contributed by atoms with Gasteiger partial charge in [0.2, 0.25) is 5.91 Å². The number of nitrogens with one attached hydrogen (secondary N) is 2. The van der Waals surface area contributed by atoms with Crippen LogP contribution >= 0.6 is 11.8 Å². The summed E-state index contributed by atoms with van der Waals surface area (Å²) < 4.78 is 0. The Hall–Kier alpha value is -3.38. The standard InChI is InChI=1S/C25H24N2O3S/c1-3-18-12-13-21(26-17(2)28)15-23(18)27-25(30)20-10-7-11-22(14-20)31-16-24(29)19-8-5-4-6-9-19/h4-15H,3,16H2,1-2H3,(H,26,28)(H,27,30). The molecule has 6 heteroatoms. The van der Waals surface area contributed by atoms with E-state index in [-0.39, 0.29) is 17.6 Å². The van der Waals surface area contributed by atoms with Gasteiger partial charge in [-0.3, -0.25) is 14.4 Å². The molecule has 0 radical (unpaired) electrons. The first-order chi connectivity index (χ1) is 15.0. The molecule has 3 aromatic rings. The molecule has 0 saturated heterocycles. The number of aryl methyl sites for hydroxylation is 1. The van der Waals surface area contributed by atoms with Gasteiger partial charge in [0.25, 0.3) is 5.91 Å². The molecule has 0 heterocycles. The summed E-state index contributed by atoms with van der Waals surface area (Å²) in [5, 5.41) is 5.68. The van der Waals surface area contributed by atoms with Crippen molar-refractivity contribution < 1.29 is 14.4 Å². The van der Waals surface area contributed by atoms with Gasteiger partial charge in [-0.15, -0.1) is 11.8 Å². The lowest BCUT2D eigenvalue weighted by atomic mass is 10.1. The molecule has 0 bridgehead atoms. The van der Waals surface area contributed by atoms with Crippen molar-refractivity contribution in [2.24, 2.45) is 0 Å². The van der Waals surface area contributed by atoms with Crippen LogP contribution in [0.25, 0.3) is 0 Å². The van der Waals surface area contributed by atoms with Crippen LogP contribution in [-0.4, -0.2) is 23.4 Å². The Morgan fingerprint density at radius 3 is 2.29 bits per heavy atom. The van der Waals surface area contributed by atoms with Crippen molar-refractivity contribution in [3.8, 4) is 0 Å². The number of Topliss-reactive ketones (excluding diaryl/α,β-unsaturated/α-hetero) is 1. The highest BCUT2D eigenvalue weighted by molar-refractivity contribution is 8.00. The molecule has 0 aliphatic rings. The number of carbonyl (C=O) groups is 3. The minimum absolute atomic E-state index is 0.0443. The zero-order valence-corrected chi connectivity index (χ0v) is 18.3. The number of thioether (sulfide) groups is 1. The normalized spacial score (nSPS) is 10.4. The summed E-state index contributed by atoms with van der Waals surface area (Å²) >= 11 is 1.40. The van der Waals surface area contributed by atoms with Gasteiger partial charge in [-0.2, -0.15) is 0 Å². The van der Waals surface area contributed by atoms with Gasteiger partial charge in [0.15, 0.2) is 5.78 Å². The number of benzene rings is 3. The maximum absolute atomic E-state index is 12.9. The molecule has 31 heavy (non-hydrogen) atoms. The van der Waals surface area contributed by atoms with Crippen LogP contribution in [0.1, 0.15) is 40.1 Å². The second-order valence-electron chi connectivity index (χ2n) is 6.97. The van der Waals surface area contributed by atoms with Crippen LogP contribution in [0.15, 0.2) is 77.7 Å². The maximum Gasteiger partial charge on any atom is 0.255 e. The molecule has 2 amide bonds. The van der Waals surface area contributed by atoms with Crippen molar-refractivity contribution in [1.82, 2.24) is 0 Å². The van der Waals surface area contributed by atoms with Crippen LogP contribution in [0.4, 0.5) is 11.4 Å². The zero-order chi connectivity index (χ0) is 22.2. The number of carbonyl (C=O) groups excluding carboxylic acids is 3. The van der Waals surface area contributed by atoms with Gasteiger partial charge in [0, 0.05) is 34.3 Å². The van der Waals surface area contributed by atoms with E-state index in [9.17, 15) is 14.4 Å². The van der Waals surface area contributed by atoms with E-state index in [0.717, 1.165) is 16.9 Å². The van der Waals surface area contributed by atoms with Crippen LogP contribution in [0.5, 0.6) is 0 Å². The molecule has 2 N–H and O–H groups in total. The van der Waals surface area contributed by atoms with E-state index in [4.69, 9.17) is 0 Å². The number of hydrogen-bond acceptors (Lipinski definition) is 4. The highest BCUT2D eigenvalue weighted by Crippen LogP contribution is 2.24. The first kappa shape index (κ1) is 22.3. The van der Waals surface area contributed by atoms with E-state index < -0.39 is 0 Å². The smallest absolute Gasteiger partial charge is 0.255 e. The number of hydrogen-bond donors (Lipinski definition) is 2. The summed E-state index contributed by atoms with van der Waals surface area (Å²) in [5.74, 6) is -0.0703. The van der Waals surface area contributed by atoms with Crippen molar-refractivity contribution in [3.05, 3.63) is 89.5 Å². The first-order valence-electron chi connectivity index (χ1n) is 9.99. The Morgan fingerprint density at radius 2 is 1.58 bits per heavy atom. The van der Waals surface area contributed by atoms with Gasteiger partial charge < -0.3 is 10.6 Å². The molecule has 3 rings (SSSR count). The second kappa shape index (κ2) is 10.6. The van der Waals surface area contributed by atoms with E-state index in [2.05, 4.69) is 10.6 Å². The van der Waals surface area contributed by atoms with Crippen molar-refractivity contribution >= 4 is 40.7 Å². The fourth-order valence-electron chi connectivity index (χ4n) is 3.06. The molecule has 0 spiro atoms. The monoisotopic (exact) mass is 432 g/mol. The average molecular weight is 433 g/mol. The molecular weight excluding hydrogens is 408 g/mol. The van der Waals surface area contributed by atoms with Gasteiger partial charge in [0.1, 0.15) is 0 Å². The summed E-state index contributed by atoms with van der Waals surface area (Å²) in [6, 6.07) is 21.8. The summed E-state index contributed by atoms with van der Waals surface area (Å²) in [6.45, 7) is 3.45. The fraction of sp³-hybridized carbons (Fsp3) is 0.160. The number of ketones is 1. The minimum atomic E-state index is -0.244. The lowest BCUT2D eigenvalue weighted by Gasteiger charge is -2.13. The molecule has 0 unspecified atom stereocenters.